The van der Waals surface area contributed by atoms with E-state index in [2.05, 4.69) is 0 Å². The van der Waals surface area contributed by atoms with Crippen LogP contribution in [0.3, 0.4) is 0 Å². The largest absolute Gasteiger partial charge is 0.497 e. The van der Waals surface area contributed by atoms with Crippen LogP contribution in [0.4, 0.5) is 0 Å². The number of hydrogen-bond donors (Lipinski definition) is 1. The van der Waals surface area contributed by atoms with Crippen LogP contribution in [-0.4, -0.2) is 18.7 Å². The van der Waals surface area contributed by atoms with E-state index in [0.29, 0.717) is 16.3 Å². The molecule has 0 bridgehead atoms. The average Bonchev–Trinajstić information content (AvgIpc) is 2.25. The minimum Gasteiger partial charge on any atom is -0.497 e. The van der Waals surface area contributed by atoms with Crippen LogP contribution in [0.1, 0.15) is 38.8 Å². The quantitative estimate of drug-likeness (QED) is 0.864. The number of ether oxygens (including phenoxy) is 2. The first-order valence-electron chi connectivity index (χ1n) is 6.04. The van der Waals surface area contributed by atoms with Gasteiger partial charge in [0.15, 0.2) is 0 Å². The molecule has 19 heavy (non-hydrogen) atoms. The maximum Gasteiger partial charge on any atom is 0.308 e. The molecule has 4 nitrogen and oxygen atoms in total. The predicted molar refractivity (Wildman–Crippen MR) is 75.4 cm³/mol. The van der Waals surface area contributed by atoms with Crippen molar-refractivity contribution in [2.45, 2.75) is 38.8 Å². The minimum atomic E-state index is -0.513. The van der Waals surface area contributed by atoms with E-state index in [-0.39, 0.29) is 12.4 Å². The molecule has 0 radical (unpaired) electrons. The molecule has 0 fully saturated rings. The summed E-state index contributed by atoms with van der Waals surface area (Å²) in [5.41, 5.74) is 6.17. The number of methoxy groups -OCH3 is 1. The molecule has 1 unspecified atom stereocenters. The second-order valence-electron chi connectivity index (χ2n) is 5.28. The highest BCUT2D eigenvalue weighted by molar-refractivity contribution is 6.31. The molecule has 1 atom stereocenters. The maximum atomic E-state index is 11.7. The van der Waals surface area contributed by atoms with E-state index in [1.807, 2.05) is 20.8 Å². The number of rotatable bonds is 4. The summed E-state index contributed by atoms with van der Waals surface area (Å²) < 4.78 is 10.3. The smallest absolute Gasteiger partial charge is 0.308 e. The SMILES string of the molecule is COc1ccc(C(N)CC(=O)OC(C)(C)C)c(Cl)c1. The molecule has 1 aromatic carbocycles. The third-order valence-corrected chi connectivity index (χ3v) is 2.74. The van der Waals surface area contributed by atoms with Crippen molar-refractivity contribution < 1.29 is 14.3 Å². The van der Waals surface area contributed by atoms with Gasteiger partial charge in [0, 0.05) is 11.1 Å². The Kier molecular flexibility index (Phi) is 5.20. The summed E-state index contributed by atoms with van der Waals surface area (Å²) in [4.78, 5) is 11.7. The molecule has 0 saturated heterocycles. The average molecular weight is 286 g/mol. The molecular weight excluding hydrogens is 266 g/mol. The summed E-state index contributed by atoms with van der Waals surface area (Å²) in [6, 6.07) is 4.70. The first kappa shape index (κ1) is 15.8. The van der Waals surface area contributed by atoms with E-state index >= 15 is 0 Å². The molecule has 0 heterocycles. The number of halogens is 1. The van der Waals surface area contributed by atoms with Crippen molar-refractivity contribution in [3.63, 3.8) is 0 Å². The summed E-state index contributed by atoms with van der Waals surface area (Å²) in [5, 5.41) is 0.482. The van der Waals surface area contributed by atoms with Crippen LogP contribution in [-0.2, 0) is 9.53 Å². The van der Waals surface area contributed by atoms with Gasteiger partial charge in [-0.15, -0.1) is 0 Å². The molecule has 0 spiro atoms. The van der Waals surface area contributed by atoms with Crippen molar-refractivity contribution in [1.29, 1.82) is 0 Å². The van der Waals surface area contributed by atoms with Crippen LogP contribution in [0.2, 0.25) is 5.02 Å². The topological polar surface area (TPSA) is 61.5 Å². The lowest BCUT2D eigenvalue weighted by atomic mass is 10.0. The van der Waals surface area contributed by atoms with Gasteiger partial charge >= 0.3 is 5.97 Å². The fraction of sp³-hybridized carbons (Fsp3) is 0.500. The molecule has 0 aliphatic rings. The Labute approximate surface area is 118 Å². The predicted octanol–water partition coefficient (Wildman–Crippen LogP) is 3.08. The summed E-state index contributed by atoms with van der Waals surface area (Å²) in [6.45, 7) is 5.45. The molecule has 0 aromatic heterocycles. The Morgan fingerprint density at radius 3 is 2.53 bits per heavy atom. The molecule has 5 heteroatoms. The minimum absolute atomic E-state index is 0.0866. The Bertz CT molecular complexity index is 454. The highest BCUT2D eigenvalue weighted by Crippen LogP contribution is 2.28. The van der Waals surface area contributed by atoms with E-state index in [1.165, 1.54) is 0 Å². The van der Waals surface area contributed by atoms with Crippen LogP contribution in [0.15, 0.2) is 18.2 Å². The number of benzene rings is 1. The van der Waals surface area contributed by atoms with Crippen molar-refractivity contribution in [3.8, 4) is 5.75 Å². The van der Waals surface area contributed by atoms with Gasteiger partial charge in [0.05, 0.1) is 13.5 Å². The number of carbonyl (C=O) groups excluding carboxylic acids is 1. The standard InChI is InChI=1S/C14H20ClNO3/c1-14(2,3)19-13(17)8-12(16)10-6-5-9(18-4)7-11(10)15/h5-7,12H,8,16H2,1-4H3. The first-order valence-corrected chi connectivity index (χ1v) is 6.41. The van der Waals surface area contributed by atoms with Gasteiger partial charge in [-0.25, -0.2) is 0 Å². The van der Waals surface area contributed by atoms with Crippen LogP contribution >= 0.6 is 11.6 Å². The van der Waals surface area contributed by atoms with Gasteiger partial charge in [-0.3, -0.25) is 4.79 Å². The summed E-state index contributed by atoms with van der Waals surface area (Å²) in [7, 11) is 1.56. The van der Waals surface area contributed by atoms with Crippen LogP contribution in [0, 0.1) is 0 Å². The molecular formula is C14H20ClNO3. The lowest BCUT2D eigenvalue weighted by molar-refractivity contribution is -0.155. The van der Waals surface area contributed by atoms with Crippen molar-refractivity contribution in [1.82, 2.24) is 0 Å². The van der Waals surface area contributed by atoms with Crippen LogP contribution < -0.4 is 10.5 Å². The number of esters is 1. The van der Waals surface area contributed by atoms with Crippen molar-refractivity contribution in [2.24, 2.45) is 5.73 Å². The van der Waals surface area contributed by atoms with Gasteiger partial charge < -0.3 is 15.2 Å². The lowest BCUT2D eigenvalue weighted by Gasteiger charge is -2.21. The van der Waals surface area contributed by atoms with Crippen molar-refractivity contribution >= 4 is 17.6 Å². The normalized spacial score (nSPS) is 12.9. The fourth-order valence-corrected chi connectivity index (χ4v) is 1.92. The van der Waals surface area contributed by atoms with Gasteiger partial charge in [0.2, 0.25) is 0 Å². The van der Waals surface area contributed by atoms with E-state index in [0.717, 1.165) is 0 Å². The molecule has 0 aliphatic carbocycles. The zero-order chi connectivity index (χ0) is 14.6. The van der Waals surface area contributed by atoms with E-state index in [1.54, 1.807) is 25.3 Å². The number of hydrogen-bond acceptors (Lipinski definition) is 4. The van der Waals surface area contributed by atoms with E-state index in [4.69, 9.17) is 26.8 Å². The molecule has 0 saturated carbocycles. The fourth-order valence-electron chi connectivity index (χ4n) is 1.61. The van der Waals surface area contributed by atoms with Crippen LogP contribution in [0.25, 0.3) is 0 Å². The van der Waals surface area contributed by atoms with Crippen molar-refractivity contribution in [2.75, 3.05) is 7.11 Å². The first-order chi connectivity index (χ1) is 8.73. The maximum absolute atomic E-state index is 11.7. The molecule has 1 aromatic rings. The molecule has 0 amide bonds. The van der Waals surface area contributed by atoms with Gasteiger partial charge in [-0.05, 0) is 38.5 Å². The Morgan fingerprint density at radius 2 is 2.05 bits per heavy atom. The lowest BCUT2D eigenvalue weighted by Crippen LogP contribution is -2.26. The highest BCUT2D eigenvalue weighted by atomic mass is 35.5. The number of nitrogens with two attached hydrogens (primary N) is 1. The van der Waals surface area contributed by atoms with Crippen molar-refractivity contribution in [3.05, 3.63) is 28.8 Å². The second kappa shape index (κ2) is 6.26. The third-order valence-electron chi connectivity index (χ3n) is 2.41. The monoisotopic (exact) mass is 285 g/mol. The van der Waals surface area contributed by atoms with Gasteiger partial charge in [-0.1, -0.05) is 17.7 Å². The van der Waals surface area contributed by atoms with Gasteiger partial charge in [-0.2, -0.15) is 0 Å². The second-order valence-corrected chi connectivity index (χ2v) is 5.69. The zero-order valence-electron chi connectivity index (χ0n) is 11.7. The summed E-state index contributed by atoms with van der Waals surface area (Å²) in [5.74, 6) is 0.310. The zero-order valence-corrected chi connectivity index (χ0v) is 12.5. The molecule has 1 rings (SSSR count). The molecule has 106 valence electrons. The van der Waals surface area contributed by atoms with Crippen LogP contribution in [0.5, 0.6) is 5.75 Å². The molecule has 2 N–H and O–H groups in total. The van der Waals surface area contributed by atoms with E-state index < -0.39 is 11.6 Å². The third kappa shape index (κ3) is 5.09. The van der Waals surface area contributed by atoms with E-state index in [9.17, 15) is 4.79 Å². The van der Waals surface area contributed by atoms with Gasteiger partial charge in [0.25, 0.3) is 0 Å². The summed E-state index contributed by atoms with van der Waals surface area (Å²) >= 11 is 6.11. The Hall–Kier alpha value is -1.26. The number of carbonyl (C=O) groups is 1. The highest BCUT2D eigenvalue weighted by Gasteiger charge is 2.20. The molecule has 0 aliphatic heterocycles. The Balaban J connectivity index is 2.73. The Morgan fingerprint density at radius 1 is 1.42 bits per heavy atom. The summed E-state index contributed by atoms with van der Waals surface area (Å²) in [6.07, 6.45) is 0.0866. The van der Waals surface area contributed by atoms with Gasteiger partial charge in [0.1, 0.15) is 11.4 Å².